The molecule has 6 heteroatoms. The third-order valence-electron chi connectivity index (χ3n) is 2.94. The molecule has 0 aromatic carbocycles. The lowest BCUT2D eigenvalue weighted by Gasteiger charge is -2.11. The average Bonchev–Trinajstić information content (AvgIpc) is 2.45. The molecule has 0 fully saturated rings. The van der Waals surface area contributed by atoms with Gasteiger partial charge in [0.1, 0.15) is 4.47 Å². The number of aromatic nitrogens is 2. The van der Waals surface area contributed by atoms with Crippen molar-refractivity contribution in [2.24, 2.45) is 5.92 Å². The van der Waals surface area contributed by atoms with Gasteiger partial charge in [-0.15, -0.1) is 0 Å². The molecule has 0 unspecified atom stereocenters. The molecule has 1 heterocycles. The van der Waals surface area contributed by atoms with Gasteiger partial charge in [0.15, 0.2) is 0 Å². The van der Waals surface area contributed by atoms with Crippen molar-refractivity contribution in [1.82, 2.24) is 9.78 Å². The Hall–Kier alpha value is -0.880. The van der Waals surface area contributed by atoms with E-state index < -0.39 is 0 Å². The minimum absolute atomic E-state index is 0.0792. The molecule has 0 radical (unpaired) electrons. The van der Waals surface area contributed by atoms with Crippen molar-refractivity contribution in [3.05, 3.63) is 21.0 Å². The Morgan fingerprint density at radius 2 is 2.19 bits per heavy atom. The molecule has 0 aliphatic carbocycles. The number of nitrogens with zero attached hydrogens (tertiary/aromatic N) is 2. The van der Waals surface area contributed by atoms with E-state index in [1.165, 1.54) is 4.68 Å². The van der Waals surface area contributed by atoms with Gasteiger partial charge in [0.2, 0.25) is 0 Å². The van der Waals surface area contributed by atoms with Gasteiger partial charge in [-0.1, -0.05) is 27.2 Å². The van der Waals surface area contributed by atoms with Crippen LogP contribution in [0.2, 0.25) is 0 Å². The Morgan fingerprint density at radius 1 is 1.43 bits per heavy atom. The third kappa shape index (κ3) is 6.61. The van der Waals surface area contributed by atoms with Crippen molar-refractivity contribution >= 4 is 21.6 Å². The van der Waals surface area contributed by atoms with Crippen molar-refractivity contribution in [2.75, 3.05) is 25.1 Å². The number of unbranched alkanes of at least 4 members (excludes halogenated alkanes) is 1. The summed E-state index contributed by atoms with van der Waals surface area (Å²) in [5, 5.41) is 7.42. The van der Waals surface area contributed by atoms with Gasteiger partial charge in [0.25, 0.3) is 5.56 Å². The maximum Gasteiger partial charge on any atom is 0.283 e. The van der Waals surface area contributed by atoms with Crippen LogP contribution < -0.4 is 10.9 Å². The summed E-state index contributed by atoms with van der Waals surface area (Å²) >= 11 is 3.36. The normalized spacial score (nSPS) is 11.1. The first-order valence-electron chi connectivity index (χ1n) is 7.63. The highest BCUT2D eigenvalue weighted by Crippen LogP contribution is 2.16. The van der Waals surface area contributed by atoms with Gasteiger partial charge in [-0.3, -0.25) is 4.79 Å². The Morgan fingerprint density at radius 3 is 2.86 bits per heavy atom. The van der Waals surface area contributed by atoms with Crippen LogP contribution in [0.5, 0.6) is 0 Å². The van der Waals surface area contributed by atoms with Crippen molar-refractivity contribution in [3.8, 4) is 0 Å². The molecular formula is C15H26BrN3O2. The summed E-state index contributed by atoms with van der Waals surface area (Å²) in [7, 11) is 0. The number of ether oxygens (including phenoxy) is 1. The van der Waals surface area contributed by atoms with Gasteiger partial charge >= 0.3 is 0 Å². The van der Waals surface area contributed by atoms with E-state index in [-0.39, 0.29) is 5.56 Å². The molecule has 0 amide bonds. The first-order chi connectivity index (χ1) is 10.1. The molecule has 1 aromatic heterocycles. The Bertz CT molecular complexity index is 474. The Balaban J connectivity index is 2.42. The van der Waals surface area contributed by atoms with Crippen LogP contribution in [0.4, 0.5) is 5.69 Å². The fourth-order valence-corrected chi connectivity index (χ4v) is 2.22. The number of rotatable bonds is 10. The van der Waals surface area contributed by atoms with Gasteiger partial charge in [-0.2, -0.15) is 5.10 Å². The molecule has 5 nitrogen and oxygen atoms in total. The van der Waals surface area contributed by atoms with Gasteiger partial charge < -0.3 is 10.1 Å². The van der Waals surface area contributed by atoms with Crippen molar-refractivity contribution < 1.29 is 4.74 Å². The van der Waals surface area contributed by atoms with Crippen LogP contribution in [0.3, 0.4) is 0 Å². The van der Waals surface area contributed by atoms with Crippen LogP contribution in [0.1, 0.15) is 40.0 Å². The van der Waals surface area contributed by atoms with Crippen LogP contribution in [0.15, 0.2) is 15.5 Å². The lowest BCUT2D eigenvalue weighted by Crippen LogP contribution is -2.24. The molecule has 0 spiro atoms. The van der Waals surface area contributed by atoms with Gasteiger partial charge in [-0.25, -0.2) is 4.68 Å². The standard InChI is InChI=1S/C15H26BrN3O2/c1-4-5-8-19-15(20)14(16)13(10-18-19)17-7-6-9-21-11-12(2)3/h10,12,17H,4-9,11H2,1-3H3. The molecule has 0 aliphatic rings. The maximum atomic E-state index is 12.1. The molecule has 1 N–H and O–H groups in total. The number of nitrogens with one attached hydrogen (secondary N) is 1. The molecule has 120 valence electrons. The first kappa shape index (κ1) is 18.2. The number of anilines is 1. The van der Waals surface area contributed by atoms with Crippen molar-refractivity contribution in [3.63, 3.8) is 0 Å². The monoisotopic (exact) mass is 359 g/mol. The summed E-state index contributed by atoms with van der Waals surface area (Å²) < 4.78 is 7.57. The molecule has 1 aromatic rings. The van der Waals surface area contributed by atoms with Crippen molar-refractivity contribution in [2.45, 2.75) is 46.6 Å². The summed E-state index contributed by atoms with van der Waals surface area (Å²) in [4.78, 5) is 12.1. The molecule has 0 bridgehead atoms. The van der Waals surface area contributed by atoms with E-state index in [2.05, 4.69) is 47.1 Å². The first-order valence-corrected chi connectivity index (χ1v) is 8.42. The molecule has 21 heavy (non-hydrogen) atoms. The zero-order valence-corrected chi connectivity index (χ0v) is 14.8. The van der Waals surface area contributed by atoms with Gasteiger partial charge in [-0.05, 0) is 34.7 Å². The smallest absolute Gasteiger partial charge is 0.283 e. The number of hydrogen-bond donors (Lipinski definition) is 1. The highest BCUT2D eigenvalue weighted by molar-refractivity contribution is 9.10. The van der Waals surface area contributed by atoms with E-state index in [4.69, 9.17) is 4.74 Å². The molecule has 0 saturated heterocycles. The largest absolute Gasteiger partial charge is 0.383 e. The van der Waals surface area contributed by atoms with Crippen LogP contribution in [0.25, 0.3) is 0 Å². The predicted molar refractivity (Wildman–Crippen MR) is 89.9 cm³/mol. The number of halogens is 1. The average molecular weight is 360 g/mol. The number of aryl methyl sites for hydroxylation is 1. The van der Waals surface area contributed by atoms with Crippen LogP contribution >= 0.6 is 15.9 Å². The Labute approximate surface area is 135 Å². The van der Waals surface area contributed by atoms with Crippen LogP contribution in [-0.4, -0.2) is 29.5 Å². The second-order valence-electron chi connectivity index (χ2n) is 5.50. The van der Waals surface area contributed by atoms with Crippen LogP contribution in [0, 0.1) is 5.92 Å². The zero-order chi connectivity index (χ0) is 15.7. The SMILES string of the molecule is CCCCn1ncc(NCCCOCC(C)C)c(Br)c1=O. The fourth-order valence-electron chi connectivity index (χ4n) is 1.77. The molecule has 1 rings (SSSR count). The maximum absolute atomic E-state index is 12.1. The summed E-state index contributed by atoms with van der Waals surface area (Å²) in [6.07, 6.45) is 4.61. The van der Waals surface area contributed by atoms with E-state index in [1.807, 2.05) is 0 Å². The van der Waals surface area contributed by atoms with Crippen molar-refractivity contribution in [1.29, 1.82) is 0 Å². The van der Waals surface area contributed by atoms with Gasteiger partial charge in [0, 0.05) is 26.3 Å². The highest BCUT2D eigenvalue weighted by Gasteiger charge is 2.08. The van der Waals surface area contributed by atoms with E-state index in [1.54, 1.807) is 6.20 Å². The molecular weight excluding hydrogens is 334 g/mol. The summed E-state index contributed by atoms with van der Waals surface area (Å²) in [5.74, 6) is 0.562. The minimum Gasteiger partial charge on any atom is -0.383 e. The summed E-state index contributed by atoms with van der Waals surface area (Å²) in [6, 6.07) is 0. The van der Waals surface area contributed by atoms with E-state index in [9.17, 15) is 4.79 Å². The third-order valence-corrected chi connectivity index (χ3v) is 3.71. The fraction of sp³-hybridized carbons (Fsp3) is 0.733. The zero-order valence-electron chi connectivity index (χ0n) is 13.2. The second-order valence-corrected chi connectivity index (χ2v) is 6.30. The van der Waals surface area contributed by atoms with E-state index >= 15 is 0 Å². The molecule has 0 aliphatic heterocycles. The quantitative estimate of drug-likeness (QED) is 0.651. The number of hydrogen-bond acceptors (Lipinski definition) is 4. The van der Waals surface area contributed by atoms with E-state index in [0.717, 1.165) is 44.7 Å². The second kappa shape index (κ2) is 9.95. The highest BCUT2D eigenvalue weighted by atomic mass is 79.9. The van der Waals surface area contributed by atoms with Gasteiger partial charge in [0.05, 0.1) is 11.9 Å². The minimum atomic E-state index is -0.0792. The lowest BCUT2D eigenvalue weighted by atomic mass is 10.2. The molecule has 0 atom stereocenters. The topological polar surface area (TPSA) is 56.1 Å². The van der Waals surface area contributed by atoms with Crippen LogP contribution in [-0.2, 0) is 11.3 Å². The predicted octanol–water partition coefficient (Wildman–Crippen LogP) is 3.28. The summed E-state index contributed by atoms with van der Waals surface area (Å²) in [6.45, 7) is 9.30. The lowest BCUT2D eigenvalue weighted by molar-refractivity contribution is 0.110. The summed E-state index contributed by atoms with van der Waals surface area (Å²) in [5.41, 5.74) is 0.668. The van der Waals surface area contributed by atoms with E-state index in [0.29, 0.717) is 16.9 Å². The Kier molecular flexibility index (Phi) is 8.61. The molecule has 0 saturated carbocycles.